The predicted octanol–water partition coefficient (Wildman–Crippen LogP) is 2.17. The highest BCUT2D eigenvalue weighted by Gasteiger charge is 2.30. The van der Waals surface area contributed by atoms with Crippen molar-refractivity contribution in [1.82, 2.24) is 19.9 Å². The van der Waals surface area contributed by atoms with Gasteiger partial charge in [0.05, 0.1) is 17.9 Å². The number of amides is 1. The van der Waals surface area contributed by atoms with Crippen molar-refractivity contribution in [2.75, 3.05) is 6.54 Å². The highest BCUT2D eigenvalue weighted by molar-refractivity contribution is 5.77. The van der Waals surface area contributed by atoms with Gasteiger partial charge in [0.2, 0.25) is 5.91 Å². The molecule has 1 aliphatic rings. The van der Waals surface area contributed by atoms with Crippen LogP contribution in [0.5, 0.6) is 0 Å². The van der Waals surface area contributed by atoms with E-state index < -0.39 is 0 Å². The summed E-state index contributed by atoms with van der Waals surface area (Å²) in [5.74, 6) is 0.187. The molecule has 21 heavy (non-hydrogen) atoms. The first-order valence-corrected chi connectivity index (χ1v) is 7.29. The average Bonchev–Trinajstić information content (AvgIpc) is 3.04. The van der Waals surface area contributed by atoms with Crippen LogP contribution in [0.25, 0.3) is 0 Å². The zero-order chi connectivity index (χ0) is 14.5. The van der Waals surface area contributed by atoms with Gasteiger partial charge in [-0.05, 0) is 30.9 Å². The fourth-order valence-electron chi connectivity index (χ4n) is 2.80. The molecule has 1 aliphatic heterocycles. The predicted molar refractivity (Wildman–Crippen MR) is 78.3 cm³/mol. The Morgan fingerprint density at radius 3 is 2.90 bits per heavy atom. The van der Waals surface area contributed by atoms with Crippen LogP contribution >= 0.6 is 0 Å². The number of aryl methyl sites for hydroxylation is 1. The minimum Gasteiger partial charge on any atom is -0.334 e. The Hall–Kier alpha value is -2.30. The first-order valence-electron chi connectivity index (χ1n) is 7.29. The summed E-state index contributed by atoms with van der Waals surface area (Å²) >= 11 is 0. The summed E-state index contributed by atoms with van der Waals surface area (Å²) in [6.07, 6.45) is 11.9. The third-order valence-corrected chi connectivity index (χ3v) is 3.85. The molecule has 2 aromatic heterocycles. The molecule has 3 heterocycles. The second-order valence-corrected chi connectivity index (χ2v) is 5.24. The zero-order valence-electron chi connectivity index (χ0n) is 11.9. The summed E-state index contributed by atoms with van der Waals surface area (Å²) in [4.78, 5) is 26.9. The molecule has 5 heteroatoms. The van der Waals surface area contributed by atoms with E-state index in [-0.39, 0.29) is 11.9 Å². The summed E-state index contributed by atoms with van der Waals surface area (Å²) in [5.41, 5.74) is 1.99. The number of hydrogen-bond donors (Lipinski definition) is 0. The van der Waals surface area contributed by atoms with E-state index >= 15 is 0 Å². The fourth-order valence-corrected chi connectivity index (χ4v) is 2.80. The lowest BCUT2D eigenvalue weighted by atomic mass is 10.1. The molecule has 0 radical (unpaired) electrons. The van der Waals surface area contributed by atoms with E-state index in [0.29, 0.717) is 6.42 Å². The Kier molecular flexibility index (Phi) is 4.19. The molecule has 1 amide bonds. The van der Waals surface area contributed by atoms with E-state index in [2.05, 4.69) is 15.0 Å². The molecule has 0 saturated carbocycles. The Morgan fingerprint density at radius 1 is 1.24 bits per heavy atom. The van der Waals surface area contributed by atoms with Crippen LogP contribution in [-0.2, 0) is 11.2 Å². The van der Waals surface area contributed by atoms with Gasteiger partial charge >= 0.3 is 0 Å². The number of likely N-dealkylation sites (tertiary alicyclic amines) is 1. The molecule has 2 aromatic rings. The van der Waals surface area contributed by atoms with Gasteiger partial charge in [0.25, 0.3) is 0 Å². The molecule has 1 saturated heterocycles. The van der Waals surface area contributed by atoms with E-state index in [4.69, 9.17) is 0 Å². The van der Waals surface area contributed by atoms with Crippen LogP contribution in [0.2, 0.25) is 0 Å². The zero-order valence-corrected chi connectivity index (χ0v) is 11.9. The molecule has 0 aromatic carbocycles. The maximum absolute atomic E-state index is 12.5. The van der Waals surface area contributed by atoms with Crippen molar-refractivity contribution in [1.29, 1.82) is 0 Å². The Labute approximate surface area is 124 Å². The van der Waals surface area contributed by atoms with Gasteiger partial charge < -0.3 is 4.90 Å². The number of carbonyl (C=O) groups excluding carboxylic acids is 1. The summed E-state index contributed by atoms with van der Waals surface area (Å²) in [6.45, 7) is 0.813. The molecule has 0 spiro atoms. The van der Waals surface area contributed by atoms with Crippen molar-refractivity contribution >= 4 is 5.91 Å². The largest absolute Gasteiger partial charge is 0.334 e. The van der Waals surface area contributed by atoms with Gasteiger partial charge in [-0.3, -0.25) is 19.7 Å². The fraction of sp³-hybridized carbons (Fsp3) is 0.375. The van der Waals surface area contributed by atoms with Gasteiger partial charge in [0, 0.05) is 37.8 Å². The van der Waals surface area contributed by atoms with E-state index in [9.17, 15) is 4.79 Å². The van der Waals surface area contributed by atoms with Crippen LogP contribution in [-0.4, -0.2) is 32.3 Å². The minimum atomic E-state index is 0.0834. The highest BCUT2D eigenvalue weighted by atomic mass is 16.2. The third-order valence-electron chi connectivity index (χ3n) is 3.85. The lowest BCUT2D eigenvalue weighted by molar-refractivity contribution is -0.132. The normalized spacial score (nSPS) is 17.9. The van der Waals surface area contributed by atoms with Gasteiger partial charge in [-0.15, -0.1) is 0 Å². The number of rotatable bonds is 4. The third kappa shape index (κ3) is 3.24. The van der Waals surface area contributed by atoms with Crippen molar-refractivity contribution in [3.8, 4) is 0 Å². The van der Waals surface area contributed by atoms with Crippen LogP contribution in [0.1, 0.15) is 36.6 Å². The van der Waals surface area contributed by atoms with Gasteiger partial charge in [-0.1, -0.05) is 6.07 Å². The number of hydrogen-bond acceptors (Lipinski definition) is 4. The number of nitrogens with zero attached hydrogens (tertiary/aromatic N) is 4. The number of pyridine rings is 1. The van der Waals surface area contributed by atoms with E-state index in [0.717, 1.165) is 37.1 Å². The molecular weight excluding hydrogens is 264 g/mol. The first kappa shape index (κ1) is 13.7. The maximum atomic E-state index is 12.5. The molecule has 0 aliphatic carbocycles. The molecule has 1 fully saturated rings. The topological polar surface area (TPSA) is 59.0 Å². The van der Waals surface area contributed by atoms with Gasteiger partial charge in [-0.25, -0.2) is 0 Å². The molecule has 1 unspecified atom stereocenters. The van der Waals surface area contributed by atoms with Crippen LogP contribution in [0.4, 0.5) is 0 Å². The van der Waals surface area contributed by atoms with Crippen LogP contribution in [0.15, 0.2) is 43.1 Å². The van der Waals surface area contributed by atoms with E-state index in [1.165, 1.54) is 0 Å². The quantitative estimate of drug-likeness (QED) is 0.862. The number of carbonyl (C=O) groups is 1. The molecule has 108 valence electrons. The lowest BCUT2D eigenvalue weighted by Crippen LogP contribution is -2.31. The summed E-state index contributed by atoms with van der Waals surface area (Å²) in [5, 5.41) is 0. The smallest absolute Gasteiger partial charge is 0.223 e. The second-order valence-electron chi connectivity index (χ2n) is 5.24. The van der Waals surface area contributed by atoms with E-state index in [1.807, 2.05) is 23.2 Å². The van der Waals surface area contributed by atoms with Crippen LogP contribution in [0.3, 0.4) is 0 Å². The van der Waals surface area contributed by atoms with Crippen molar-refractivity contribution in [3.63, 3.8) is 0 Å². The van der Waals surface area contributed by atoms with Crippen molar-refractivity contribution in [2.24, 2.45) is 0 Å². The second kappa shape index (κ2) is 6.43. The summed E-state index contributed by atoms with van der Waals surface area (Å²) in [7, 11) is 0. The maximum Gasteiger partial charge on any atom is 0.223 e. The van der Waals surface area contributed by atoms with Crippen LogP contribution in [0, 0.1) is 0 Å². The average molecular weight is 282 g/mol. The van der Waals surface area contributed by atoms with Gasteiger partial charge in [-0.2, -0.15) is 0 Å². The monoisotopic (exact) mass is 282 g/mol. The molecular formula is C16H18N4O. The minimum absolute atomic E-state index is 0.0834. The molecule has 5 nitrogen and oxygen atoms in total. The first-order chi connectivity index (χ1) is 10.3. The van der Waals surface area contributed by atoms with Crippen LogP contribution < -0.4 is 0 Å². The standard InChI is InChI=1S/C16H18N4O/c21-16(6-5-13-3-1-7-17-11-13)20-10-2-4-15(20)14-12-18-8-9-19-14/h1,3,7-9,11-12,15H,2,4-6,10H2. The Balaban J connectivity index is 1.64. The molecule has 0 bridgehead atoms. The Morgan fingerprint density at radius 2 is 2.14 bits per heavy atom. The van der Waals surface area contributed by atoms with E-state index in [1.54, 1.807) is 24.8 Å². The van der Waals surface area contributed by atoms with Crippen molar-refractivity contribution in [3.05, 3.63) is 54.4 Å². The molecule has 1 atom stereocenters. The summed E-state index contributed by atoms with van der Waals surface area (Å²) < 4.78 is 0. The number of aromatic nitrogens is 3. The Bertz CT molecular complexity index is 588. The lowest BCUT2D eigenvalue weighted by Gasteiger charge is -2.24. The highest BCUT2D eigenvalue weighted by Crippen LogP contribution is 2.30. The van der Waals surface area contributed by atoms with Crippen molar-refractivity contribution in [2.45, 2.75) is 31.7 Å². The summed E-state index contributed by atoms with van der Waals surface area (Å²) in [6, 6.07) is 3.99. The van der Waals surface area contributed by atoms with Crippen molar-refractivity contribution < 1.29 is 4.79 Å². The van der Waals surface area contributed by atoms with Gasteiger partial charge in [0.15, 0.2) is 0 Å². The SMILES string of the molecule is O=C(CCc1cccnc1)N1CCCC1c1cnccn1. The molecule has 3 rings (SSSR count). The molecule has 0 N–H and O–H groups in total. The van der Waals surface area contributed by atoms with Gasteiger partial charge in [0.1, 0.15) is 0 Å².